The molecule has 0 aliphatic carbocycles. The van der Waals surface area contributed by atoms with E-state index < -0.39 is 15.9 Å². The van der Waals surface area contributed by atoms with Crippen LogP contribution >= 0.6 is 0 Å². The van der Waals surface area contributed by atoms with Gasteiger partial charge in [0.15, 0.2) is 0 Å². The lowest BCUT2D eigenvalue weighted by Gasteiger charge is -2.13. The van der Waals surface area contributed by atoms with E-state index in [2.05, 4.69) is 10.0 Å². The summed E-state index contributed by atoms with van der Waals surface area (Å²) in [6, 6.07) is 10.9. The van der Waals surface area contributed by atoms with E-state index in [0.717, 1.165) is 22.3 Å². The highest BCUT2D eigenvalue weighted by molar-refractivity contribution is 7.89. The van der Waals surface area contributed by atoms with E-state index in [1.807, 2.05) is 45.0 Å². The van der Waals surface area contributed by atoms with Gasteiger partial charge in [0, 0.05) is 6.54 Å². The zero-order valence-corrected chi connectivity index (χ0v) is 16.2. The van der Waals surface area contributed by atoms with Crippen LogP contribution in [-0.2, 0) is 21.4 Å². The van der Waals surface area contributed by atoms with E-state index >= 15 is 0 Å². The Morgan fingerprint density at radius 3 is 2.35 bits per heavy atom. The third-order valence-electron chi connectivity index (χ3n) is 4.23. The Kier molecular flexibility index (Phi) is 6.39. The zero-order valence-electron chi connectivity index (χ0n) is 15.4. The minimum Gasteiger partial charge on any atom is -0.495 e. The highest BCUT2D eigenvalue weighted by atomic mass is 32.2. The molecule has 2 aromatic carbocycles. The molecule has 0 saturated carbocycles. The van der Waals surface area contributed by atoms with Crippen molar-refractivity contribution in [3.63, 3.8) is 0 Å². The maximum absolute atomic E-state index is 12.5. The van der Waals surface area contributed by atoms with Crippen LogP contribution in [0.15, 0.2) is 41.3 Å². The Labute approximate surface area is 154 Å². The van der Waals surface area contributed by atoms with Crippen molar-refractivity contribution < 1.29 is 17.9 Å². The largest absolute Gasteiger partial charge is 0.495 e. The van der Waals surface area contributed by atoms with Crippen molar-refractivity contribution >= 4 is 15.9 Å². The molecule has 7 heteroatoms. The molecule has 2 N–H and O–H groups in total. The number of aryl methyl sites for hydroxylation is 3. The third-order valence-corrected chi connectivity index (χ3v) is 5.65. The van der Waals surface area contributed by atoms with Gasteiger partial charge >= 0.3 is 0 Å². The molecule has 1 amide bonds. The number of amides is 1. The van der Waals surface area contributed by atoms with Gasteiger partial charge in [-0.3, -0.25) is 4.79 Å². The summed E-state index contributed by atoms with van der Waals surface area (Å²) in [5, 5.41) is 2.72. The van der Waals surface area contributed by atoms with Crippen LogP contribution in [0.1, 0.15) is 22.3 Å². The fraction of sp³-hybridized carbons (Fsp3) is 0.316. The lowest BCUT2D eigenvalue weighted by atomic mass is 10.1. The number of benzene rings is 2. The Hall–Kier alpha value is -2.38. The molecular formula is C19H24N2O4S. The smallest absolute Gasteiger partial charge is 0.244 e. The van der Waals surface area contributed by atoms with Gasteiger partial charge in [-0.15, -0.1) is 0 Å². The van der Waals surface area contributed by atoms with E-state index in [0.29, 0.717) is 6.54 Å². The molecule has 0 spiro atoms. The van der Waals surface area contributed by atoms with Crippen molar-refractivity contribution in [2.45, 2.75) is 32.2 Å². The molecule has 0 aromatic heterocycles. The van der Waals surface area contributed by atoms with Gasteiger partial charge in [-0.25, -0.2) is 13.1 Å². The average Bonchev–Trinajstić information content (AvgIpc) is 2.61. The first-order valence-electron chi connectivity index (χ1n) is 8.20. The first kappa shape index (κ1) is 19.9. The zero-order chi connectivity index (χ0) is 19.3. The van der Waals surface area contributed by atoms with Gasteiger partial charge in [0.2, 0.25) is 15.9 Å². The number of ether oxygens (including phenoxy) is 1. The molecular weight excluding hydrogens is 352 g/mol. The predicted octanol–water partition coefficient (Wildman–Crippen LogP) is 2.22. The Balaban J connectivity index is 2.03. The summed E-state index contributed by atoms with van der Waals surface area (Å²) in [6.07, 6.45) is 0. The SMILES string of the molecule is COc1cc(C)c(C)cc1S(=O)(=O)NCC(=O)NCc1ccccc1C. The van der Waals surface area contributed by atoms with Gasteiger partial charge in [0.05, 0.1) is 13.7 Å². The number of carbonyl (C=O) groups excluding carboxylic acids is 1. The van der Waals surface area contributed by atoms with Crippen molar-refractivity contribution in [3.05, 3.63) is 58.7 Å². The van der Waals surface area contributed by atoms with Crippen LogP contribution < -0.4 is 14.8 Å². The van der Waals surface area contributed by atoms with Crippen LogP contribution in [0.5, 0.6) is 5.75 Å². The highest BCUT2D eigenvalue weighted by Gasteiger charge is 2.21. The summed E-state index contributed by atoms with van der Waals surface area (Å²) in [7, 11) is -2.45. The second-order valence-electron chi connectivity index (χ2n) is 6.12. The molecule has 0 aliphatic heterocycles. The maximum Gasteiger partial charge on any atom is 0.244 e. The van der Waals surface area contributed by atoms with Crippen LogP contribution in [0.3, 0.4) is 0 Å². The van der Waals surface area contributed by atoms with Crippen molar-refractivity contribution in [2.75, 3.05) is 13.7 Å². The van der Waals surface area contributed by atoms with E-state index in [4.69, 9.17) is 4.74 Å². The summed E-state index contributed by atoms with van der Waals surface area (Å²) in [5.41, 5.74) is 3.81. The molecule has 2 aromatic rings. The summed E-state index contributed by atoms with van der Waals surface area (Å²) in [5.74, 6) is -0.152. The number of nitrogens with one attached hydrogen (secondary N) is 2. The van der Waals surface area contributed by atoms with Crippen LogP contribution in [0.25, 0.3) is 0 Å². The van der Waals surface area contributed by atoms with Gasteiger partial charge in [0.25, 0.3) is 0 Å². The van der Waals surface area contributed by atoms with E-state index in [1.54, 1.807) is 12.1 Å². The van der Waals surface area contributed by atoms with Crippen LogP contribution in [0, 0.1) is 20.8 Å². The molecule has 0 heterocycles. The molecule has 26 heavy (non-hydrogen) atoms. The van der Waals surface area contributed by atoms with Crippen molar-refractivity contribution in [1.82, 2.24) is 10.0 Å². The molecule has 0 saturated heterocycles. The lowest BCUT2D eigenvalue weighted by molar-refractivity contribution is -0.120. The summed E-state index contributed by atoms with van der Waals surface area (Å²) in [4.78, 5) is 12.0. The Morgan fingerprint density at radius 2 is 1.69 bits per heavy atom. The molecule has 0 radical (unpaired) electrons. The monoisotopic (exact) mass is 376 g/mol. The van der Waals surface area contributed by atoms with E-state index in [1.165, 1.54) is 7.11 Å². The molecule has 140 valence electrons. The molecule has 0 aliphatic rings. The second-order valence-corrected chi connectivity index (χ2v) is 7.85. The molecule has 6 nitrogen and oxygen atoms in total. The highest BCUT2D eigenvalue weighted by Crippen LogP contribution is 2.27. The minimum atomic E-state index is -3.86. The number of sulfonamides is 1. The fourth-order valence-corrected chi connectivity index (χ4v) is 3.65. The summed E-state index contributed by atoms with van der Waals surface area (Å²) in [6.45, 7) is 5.66. The van der Waals surface area contributed by atoms with E-state index in [-0.39, 0.29) is 17.2 Å². The normalized spacial score (nSPS) is 11.2. The van der Waals surface area contributed by atoms with Crippen LogP contribution in [0.2, 0.25) is 0 Å². The number of hydrogen-bond acceptors (Lipinski definition) is 4. The summed E-state index contributed by atoms with van der Waals surface area (Å²) >= 11 is 0. The first-order valence-corrected chi connectivity index (χ1v) is 9.69. The maximum atomic E-state index is 12.5. The molecule has 2 rings (SSSR count). The van der Waals surface area contributed by atoms with Crippen molar-refractivity contribution in [3.8, 4) is 5.75 Å². The number of carbonyl (C=O) groups is 1. The van der Waals surface area contributed by atoms with Gasteiger partial charge in [-0.05, 0) is 55.2 Å². The third kappa shape index (κ3) is 4.83. The minimum absolute atomic E-state index is 0.0230. The average molecular weight is 376 g/mol. The first-order chi connectivity index (χ1) is 12.2. The van der Waals surface area contributed by atoms with Crippen molar-refractivity contribution in [2.24, 2.45) is 0 Å². The standard InChI is InChI=1S/C19H24N2O4S/c1-13-7-5-6-8-16(13)11-20-19(22)12-21-26(23,24)18-10-15(3)14(2)9-17(18)25-4/h5-10,21H,11-12H2,1-4H3,(H,20,22). The fourth-order valence-electron chi connectivity index (χ4n) is 2.44. The number of methoxy groups -OCH3 is 1. The molecule has 0 unspecified atom stereocenters. The van der Waals surface area contributed by atoms with Gasteiger partial charge in [0.1, 0.15) is 10.6 Å². The second kappa shape index (κ2) is 8.33. The summed E-state index contributed by atoms with van der Waals surface area (Å²) < 4.78 is 32.6. The molecule has 0 fully saturated rings. The van der Waals surface area contributed by atoms with Crippen LogP contribution in [0.4, 0.5) is 0 Å². The van der Waals surface area contributed by atoms with Gasteiger partial charge in [-0.2, -0.15) is 0 Å². The van der Waals surface area contributed by atoms with Gasteiger partial charge < -0.3 is 10.1 Å². The van der Waals surface area contributed by atoms with E-state index in [9.17, 15) is 13.2 Å². The molecule has 0 atom stereocenters. The number of hydrogen-bond donors (Lipinski definition) is 2. The predicted molar refractivity (Wildman–Crippen MR) is 101 cm³/mol. The lowest BCUT2D eigenvalue weighted by Crippen LogP contribution is -2.36. The van der Waals surface area contributed by atoms with Crippen LogP contribution in [-0.4, -0.2) is 28.0 Å². The topological polar surface area (TPSA) is 84.5 Å². The van der Waals surface area contributed by atoms with Crippen molar-refractivity contribution in [1.29, 1.82) is 0 Å². The number of rotatable bonds is 7. The Morgan fingerprint density at radius 1 is 1.04 bits per heavy atom. The quantitative estimate of drug-likeness (QED) is 0.776. The molecule has 0 bridgehead atoms. The Bertz CT molecular complexity index is 908. The van der Waals surface area contributed by atoms with Gasteiger partial charge in [-0.1, -0.05) is 24.3 Å².